The summed E-state index contributed by atoms with van der Waals surface area (Å²) in [6.07, 6.45) is 11.6. The molecule has 15 nitrogen and oxygen atoms in total. The Morgan fingerprint density at radius 1 is 0.557 bits per heavy atom. The number of fused-ring (bicyclic) bond motifs is 4. The quantitative estimate of drug-likeness (QED) is 0.0197. The number of hydrogen-bond donors (Lipinski definition) is 3. The Bertz CT molecular complexity index is 1640. The third-order valence-electron chi connectivity index (χ3n) is 14.4. The molecule has 4 saturated carbocycles. The van der Waals surface area contributed by atoms with Gasteiger partial charge in [0.05, 0.1) is 0 Å². The maximum Gasteiger partial charge on any atom is 0.407 e. The molecule has 0 aromatic carbocycles. The number of rotatable bonds is 31. The van der Waals surface area contributed by atoms with Crippen molar-refractivity contribution in [3.63, 3.8) is 0 Å². The van der Waals surface area contributed by atoms with Crippen molar-refractivity contribution in [2.45, 2.75) is 181 Å². The van der Waals surface area contributed by atoms with Crippen LogP contribution in [0, 0.1) is 46.8 Å². The Hall–Kier alpha value is -1.84. The second-order valence-corrected chi connectivity index (χ2v) is 51.3. The number of amides is 3. The van der Waals surface area contributed by atoms with E-state index in [0.29, 0.717) is 68.0 Å². The minimum absolute atomic E-state index is 0.0243. The van der Waals surface area contributed by atoms with Gasteiger partial charge in [0.2, 0.25) is 0 Å². The molecule has 70 heavy (non-hydrogen) atoms. The van der Waals surface area contributed by atoms with Crippen molar-refractivity contribution >= 4 is 74.6 Å². The topological polar surface area (TPSA) is 178 Å². The summed E-state index contributed by atoms with van der Waals surface area (Å²) in [7, 11) is -13.0. The highest BCUT2D eigenvalue weighted by Crippen LogP contribution is 2.54. The van der Waals surface area contributed by atoms with Crippen molar-refractivity contribution in [3.05, 3.63) is 12.7 Å². The molecule has 3 N–H and O–H groups in total. The van der Waals surface area contributed by atoms with Crippen LogP contribution in [-0.4, -0.2) is 121 Å². The zero-order valence-electron chi connectivity index (χ0n) is 46.1. The summed E-state index contributed by atoms with van der Waals surface area (Å²) in [4.78, 5) is 51.1. The average molecular weight is 1090 g/mol. The third kappa shape index (κ3) is 21.9. The molecule has 0 aromatic rings. The van der Waals surface area contributed by atoms with Gasteiger partial charge in [-0.2, -0.15) is 0 Å². The van der Waals surface area contributed by atoms with Crippen LogP contribution in [0.4, 0.5) is 14.4 Å². The largest absolute Gasteiger partial charge is 0.459 e. The van der Waals surface area contributed by atoms with Crippen LogP contribution >= 0.6 is 0 Å². The molecule has 0 heterocycles. The smallest absolute Gasteiger partial charge is 0.407 e. The molecule has 0 spiro atoms. The zero-order chi connectivity index (χ0) is 52.2. The first-order valence-corrected chi connectivity index (χ1v) is 45.4. The van der Waals surface area contributed by atoms with Gasteiger partial charge in [-0.25, -0.2) is 19.2 Å². The molecule has 0 radical (unpaired) electrons. The lowest BCUT2D eigenvalue weighted by Crippen LogP contribution is -2.52. The molecule has 3 amide bonds. The predicted octanol–water partition coefficient (Wildman–Crippen LogP) is 11.5. The van der Waals surface area contributed by atoms with E-state index in [4.69, 9.17) is 35.4 Å². The minimum atomic E-state index is -2.61. The number of ether oxygens (including phenoxy) is 4. The molecule has 0 aromatic heterocycles. The lowest BCUT2D eigenvalue weighted by molar-refractivity contribution is -0.138. The zero-order valence-corrected chi connectivity index (χ0v) is 52.1. The predicted molar refractivity (Wildman–Crippen MR) is 292 cm³/mol. The van der Waals surface area contributed by atoms with Crippen LogP contribution in [-0.2, 0) is 40.2 Å². The Morgan fingerprint density at radius 3 is 1.50 bits per heavy atom. The molecule has 21 heteroatoms. The van der Waals surface area contributed by atoms with Gasteiger partial charge in [0.25, 0.3) is 0 Å². The standard InChI is InChI=1S/C49H97N3O12Si6/c1-16-45(53)57-27-28-58-47(55)52-35-42-33-40-21-22-43(42)44(40)23-26-50-46(54)59-36-49(24-17-29-69(14,61-65(2,3)4)62-66(5,6)7,25-18-30-70(15,63-67(8,9)10)64-68(11,12)13)37-60-48(56)51-34-41-32-38-19-20-39(41)31-38/h16,38-44H,1,17-37H2,2-15H3,(H,50,54)(H,51,56)(H,52,55). The van der Waals surface area contributed by atoms with Gasteiger partial charge in [-0.3, -0.25) is 0 Å². The van der Waals surface area contributed by atoms with Crippen LogP contribution in [0.3, 0.4) is 0 Å². The van der Waals surface area contributed by atoms with Crippen LogP contribution in [0.15, 0.2) is 12.7 Å². The van der Waals surface area contributed by atoms with Gasteiger partial charge in [-0.1, -0.05) is 25.8 Å². The van der Waals surface area contributed by atoms with Gasteiger partial charge in [0.15, 0.2) is 33.3 Å². The van der Waals surface area contributed by atoms with Gasteiger partial charge >= 0.3 is 41.4 Å². The van der Waals surface area contributed by atoms with E-state index in [-0.39, 0.29) is 26.4 Å². The van der Waals surface area contributed by atoms with Gasteiger partial charge in [-0.05, 0) is 203 Å². The van der Waals surface area contributed by atoms with Crippen LogP contribution < -0.4 is 16.0 Å². The van der Waals surface area contributed by atoms with Crippen molar-refractivity contribution in [1.82, 2.24) is 16.0 Å². The molecule has 4 bridgehead atoms. The molecular weight excluding hydrogens is 991 g/mol. The fourth-order valence-corrected chi connectivity index (χ4v) is 37.6. The molecule has 0 saturated heterocycles. The summed E-state index contributed by atoms with van der Waals surface area (Å²) < 4.78 is 50.3. The second-order valence-electron chi connectivity index (χ2n) is 25.6. The lowest BCUT2D eigenvalue weighted by Gasteiger charge is -2.40. The van der Waals surface area contributed by atoms with E-state index < -0.39 is 80.1 Å². The van der Waals surface area contributed by atoms with Gasteiger partial charge < -0.3 is 51.4 Å². The monoisotopic (exact) mass is 1090 g/mol. The Balaban J connectivity index is 1.47. The number of hydrogen-bond acceptors (Lipinski definition) is 12. The van der Waals surface area contributed by atoms with Gasteiger partial charge in [-0.15, -0.1) is 0 Å². The van der Waals surface area contributed by atoms with Gasteiger partial charge in [0, 0.05) is 31.1 Å². The minimum Gasteiger partial charge on any atom is -0.459 e. The molecule has 4 aliphatic rings. The third-order valence-corrected chi connectivity index (χ3v) is 33.6. The van der Waals surface area contributed by atoms with Crippen LogP contribution in [0.5, 0.6) is 0 Å². The van der Waals surface area contributed by atoms with Crippen molar-refractivity contribution in [1.29, 1.82) is 0 Å². The Labute approximate surface area is 429 Å². The molecule has 4 fully saturated rings. The molecule has 4 aliphatic carbocycles. The van der Waals surface area contributed by atoms with E-state index in [1.807, 2.05) is 0 Å². The number of esters is 1. The molecule has 7 atom stereocenters. The maximum atomic E-state index is 13.8. The average Bonchev–Trinajstić information content (AvgIpc) is 4.01. The van der Waals surface area contributed by atoms with Crippen molar-refractivity contribution in [3.8, 4) is 0 Å². The maximum absolute atomic E-state index is 13.8. The molecular formula is C49H97N3O12Si6. The fraction of sp³-hybridized carbons (Fsp3) is 0.878. The molecule has 404 valence electrons. The first kappa shape index (κ1) is 60.7. The number of nitrogens with one attached hydrogen (secondary N) is 3. The highest BCUT2D eigenvalue weighted by molar-refractivity contribution is 6.88. The summed E-state index contributed by atoms with van der Waals surface area (Å²) in [6, 6.07) is 1.56. The summed E-state index contributed by atoms with van der Waals surface area (Å²) >= 11 is 0. The highest BCUT2D eigenvalue weighted by atomic mass is 28.5. The lowest BCUT2D eigenvalue weighted by atomic mass is 9.80. The Morgan fingerprint density at radius 2 is 1.03 bits per heavy atom. The SMILES string of the molecule is C=CC(=O)OCCOC(=O)NCC1CC2CCC1C2CCNC(=O)OCC(CCC[Si](C)(O[Si](C)(C)C)O[Si](C)(C)C)(CCC[Si](C)(O[Si](C)(C)C)O[Si](C)(C)C)COC(=O)NCC1CC2CCC1C2. The van der Waals surface area contributed by atoms with Crippen LogP contribution in [0.1, 0.15) is 77.0 Å². The van der Waals surface area contributed by atoms with E-state index >= 15 is 0 Å². The van der Waals surface area contributed by atoms with E-state index in [2.05, 4.69) is 114 Å². The van der Waals surface area contributed by atoms with Crippen LogP contribution in [0.2, 0.25) is 104 Å². The van der Waals surface area contributed by atoms with E-state index in [1.54, 1.807) is 0 Å². The van der Waals surface area contributed by atoms with E-state index in [9.17, 15) is 19.2 Å². The fourth-order valence-electron chi connectivity index (χ4n) is 12.5. The van der Waals surface area contributed by atoms with Crippen molar-refractivity contribution < 1.29 is 54.6 Å². The van der Waals surface area contributed by atoms with Crippen molar-refractivity contribution in [2.75, 3.05) is 46.1 Å². The van der Waals surface area contributed by atoms with E-state index in [0.717, 1.165) is 62.6 Å². The number of alkyl carbamates (subject to hydrolysis) is 3. The molecule has 4 rings (SSSR count). The molecule has 0 aliphatic heterocycles. The highest BCUT2D eigenvalue weighted by Gasteiger charge is 2.48. The Kier molecular flexibility index (Phi) is 22.6. The van der Waals surface area contributed by atoms with Crippen molar-refractivity contribution in [2.24, 2.45) is 46.8 Å². The number of carbonyl (C=O) groups excluding carboxylic acids is 4. The van der Waals surface area contributed by atoms with Gasteiger partial charge in [0.1, 0.15) is 26.4 Å². The molecule has 7 unspecified atom stereocenters. The van der Waals surface area contributed by atoms with E-state index in [1.165, 1.54) is 25.7 Å². The summed E-state index contributed by atoms with van der Waals surface area (Å²) in [6.45, 7) is 36.3. The summed E-state index contributed by atoms with van der Waals surface area (Å²) in [5.74, 6) is 3.19. The number of carbonyl (C=O) groups is 4. The normalized spacial score (nSPS) is 23.8. The summed E-state index contributed by atoms with van der Waals surface area (Å²) in [5, 5.41) is 9.13. The van der Waals surface area contributed by atoms with Crippen LogP contribution in [0.25, 0.3) is 0 Å². The second kappa shape index (κ2) is 26.1. The first-order valence-electron chi connectivity index (χ1n) is 26.7. The first-order chi connectivity index (χ1) is 32.4. The summed E-state index contributed by atoms with van der Waals surface area (Å²) in [5.41, 5.74) is -0.676.